The summed E-state index contributed by atoms with van der Waals surface area (Å²) in [4.78, 5) is 34.4. The molecular formula is C23H48N2O5. The van der Waals surface area contributed by atoms with Crippen molar-refractivity contribution in [3.05, 3.63) is 0 Å². The van der Waals surface area contributed by atoms with Gasteiger partial charge < -0.3 is 14.8 Å². The highest BCUT2D eigenvalue weighted by atomic mass is 16.5. The predicted octanol–water partition coefficient (Wildman–Crippen LogP) is 3.96. The van der Waals surface area contributed by atoms with Gasteiger partial charge in [-0.2, -0.15) is 0 Å². The van der Waals surface area contributed by atoms with E-state index < -0.39 is 0 Å². The van der Waals surface area contributed by atoms with Crippen molar-refractivity contribution in [3.63, 3.8) is 0 Å². The van der Waals surface area contributed by atoms with Crippen molar-refractivity contribution in [1.82, 2.24) is 10.2 Å². The molecule has 0 saturated heterocycles. The number of nitrogens with zero attached hydrogens (tertiary/aromatic N) is 1. The summed E-state index contributed by atoms with van der Waals surface area (Å²) >= 11 is 0. The van der Waals surface area contributed by atoms with Crippen LogP contribution >= 0.6 is 0 Å². The molecule has 0 atom stereocenters. The molecule has 0 heterocycles. The Balaban J connectivity index is -0.000000364. The fourth-order valence-electron chi connectivity index (χ4n) is 1.28. The summed E-state index contributed by atoms with van der Waals surface area (Å²) in [5, 5.41) is 2.84. The lowest BCUT2D eigenvalue weighted by atomic mass is 10.2. The average Bonchev–Trinajstić information content (AvgIpc) is 2.62. The molecule has 1 N–H and O–H groups in total. The van der Waals surface area contributed by atoms with Crippen molar-refractivity contribution in [3.8, 4) is 0 Å². The average molecular weight is 433 g/mol. The first-order valence-electron chi connectivity index (χ1n) is 10.9. The first kappa shape index (κ1) is 33.0. The van der Waals surface area contributed by atoms with Crippen molar-refractivity contribution in [2.24, 2.45) is 29.6 Å². The van der Waals surface area contributed by atoms with Crippen LogP contribution in [0.1, 0.15) is 69.2 Å². The monoisotopic (exact) mass is 432 g/mol. The number of carbonyl (C=O) groups excluding carboxylic acids is 3. The molecule has 0 saturated carbocycles. The van der Waals surface area contributed by atoms with Crippen LogP contribution in [-0.4, -0.2) is 56.7 Å². The molecule has 30 heavy (non-hydrogen) atoms. The lowest BCUT2D eigenvalue weighted by Crippen LogP contribution is -2.30. The molecule has 0 aliphatic carbocycles. The Kier molecular flexibility index (Phi) is 21.3. The first-order chi connectivity index (χ1) is 13.6. The standard InChI is InChI=1S/C8H17NO.C8H16O2.C7H15NO2/c1-6(2)5-9-8(10)7(3)4;1-6(2)5-10-8(9)7(3)4;1-6(2)7(9)10-5-8(3)4/h6-7H,5H2,1-4H3,(H,9,10);6-7H,5H2,1-4H3;6H,5H2,1-4H3. The molecule has 0 rings (SSSR count). The molecule has 1 amide bonds. The smallest absolute Gasteiger partial charge is 0.309 e. The maximum Gasteiger partial charge on any atom is 0.309 e. The van der Waals surface area contributed by atoms with Crippen LogP contribution in [0.25, 0.3) is 0 Å². The summed E-state index contributed by atoms with van der Waals surface area (Å²) in [7, 11) is 3.71. The van der Waals surface area contributed by atoms with Crippen molar-refractivity contribution < 1.29 is 23.9 Å². The Labute approximate surface area is 185 Å². The summed E-state index contributed by atoms with van der Waals surface area (Å²) in [5.74, 6) is 0.957. The van der Waals surface area contributed by atoms with Gasteiger partial charge in [0.1, 0.15) is 6.73 Å². The maximum absolute atomic E-state index is 10.9. The molecule has 0 fully saturated rings. The number of ether oxygens (including phenoxy) is 2. The Morgan fingerprint density at radius 3 is 1.43 bits per heavy atom. The molecule has 0 aliphatic rings. The van der Waals surface area contributed by atoms with E-state index in [0.717, 1.165) is 6.54 Å². The number of hydrogen-bond acceptors (Lipinski definition) is 6. The maximum atomic E-state index is 10.9. The predicted molar refractivity (Wildman–Crippen MR) is 123 cm³/mol. The van der Waals surface area contributed by atoms with Gasteiger partial charge in [0.05, 0.1) is 18.4 Å². The third kappa shape index (κ3) is 26.4. The van der Waals surface area contributed by atoms with Crippen LogP contribution in [0.4, 0.5) is 0 Å². The molecule has 0 aromatic rings. The van der Waals surface area contributed by atoms with Crippen LogP contribution < -0.4 is 5.32 Å². The highest BCUT2D eigenvalue weighted by Crippen LogP contribution is 1.99. The minimum absolute atomic E-state index is 0.00116. The van der Waals surface area contributed by atoms with Gasteiger partial charge in [0.15, 0.2) is 0 Å². The summed E-state index contributed by atoms with van der Waals surface area (Å²) in [6, 6.07) is 0. The summed E-state index contributed by atoms with van der Waals surface area (Å²) in [5.41, 5.74) is 0. The molecule has 7 nitrogen and oxygen atoms in total. The number of esters is 2. The van der Waals surface area contributed by atoms with E-state index in [-0.39, 0.29) is 35.6 Å². The van der Waals surface area contributed by atoms with Crippen LogP contribution in [0.5, 0.6) is 0 Å². The fraction of sp³-hybridized carbons (Fsp3) is 0.870. The van der Waals surface area contributed by atoms with Gasteiger partial charge in [0, 0.05) is 12.5 Å². The van der Waals surface area contributed by atoms with E-state index in [1.165, 1.54) is 0 Å². The second-order valence-electron chi connectivity index (χ2n) is 9.30. The first-order valence-corrected chi connectivity index (χ1v) is 10.9. The van der Waals surface area contributed by atoms with Gasteiger partial charge in [0.25, 0.3) is 0 Å². The second-order valence-corrected chi connectivity index (χ2v) is 9.30. The number of carbonyl (C=O) groups is 3. The quantitative estimate of drug-likeness (QED) is 0.438. The highest BCUT2D eigenvalue weighted by Gasteiger charge is 2.08. The van der Waals surface area contributed by atoms with Crippen LogP contribution in [-0.2, 0) is 23.9 Å². The van der Waals surface area contributed by atoms with Crippen LogP contribution in [0.3, 0.4) is 0 Å². The largest absolute Gasteiger partial charge is 0.465 e. The van der Waals surface area contributed by atoms with E-state index >= 15 is 0 Å². The zero-order chi connectivity index (χ0) is 24.4. The Morgan fingerprint density at radius 1 is 0.700 bits per heavy atom. The number of hydrogen-bond donors (Lipinski definition) is 1. The van der Waals surface area contributed by atoms with E-state index in [2.05, 4.69) is 19.2 Å². The number of nitrogens with one attached hydrogen (secondary N) is 1. The second kappa shape index (κ2) is 19.3. The van der Waals surface area contributed by atoms with Crippen LogP contribution in [0.2, 0.25) is 0 Å². The van der Waals surface area contributed by atoms with Gasteiger partial charge in [-0.3, -0.25) is 19.3 Å². The summed E-state index contributed by atoms with van der Waals surface area (Å²) in [6.45, 7) is 21.0. The van der Waals surface area contributed by atoms with E-state index in [1.807, 2.05) is 69.5 Å². The van der Waals surface area contributed by atoms with Crippen molar-refractivity contribution in [1.29, 1.82) is 0 Å². The zero-order valence-electron chi connectivity index (χ0n) is 21.5. The lowest BCUT2D eigenvalue weighted by molar-refractivity contribution is -0.151. The third-order valence-electron chi connectivity index (χ3n) is 3.18. The van der Waals surface area contributed by atoms with Gasteiger partial charge in [0.2, 0.25) is 5.91 Å². The molecule has 0 spiro atoms. The highest BCUT2D eigenvalue weighted by molar-refractivity contribution is 5.77. The SMILES string of the molecule is CC(C)C(=O)OCN(C)C.CC(C)CNC(=O)C(C)C.CC(C)COC(=O)C(C)C. The van der Waals surface area contributed by atoms with E-state index in [0.29, 0.717) is 25.2 Å². The number of amides is 1. The number of rotatable bonds is 9. The minimum atomic E-state index is -0.145. The Morgan fingerprint density at radius 2 is 1.13 bits per heavy atom. The zero-order valence-corrected chi connectivity index (χ0v) is 21.5. The van der Waals surface area contributed by atoms with Gasteiger partial charge in [-0.25, -0.2) is 0 Å². The van der Waals surface area contributed by atoms with Crippen molar-refractivity contribution in [2.75, 3.05) is 34.0 Å². The molecule has 0 radical (unpaired) electrons. The Bertz CT molecular complexity index is 392. The molecule has 0 aromatic heterocycles. The molecule has 180 valence electrons. The molecule has 0 bridgehead atoms. The molecule has 0 unspecified atom stereocenters. The van der Waals surface area contributed by atoms with Crippen molar-refractivity contribution >= 4 is 17.8 Å². The van der Waals surface area contributed by atoms with Crippen LogP contribution in [0, 0.1) is 29.6 Å². The summed E-state index contributed by atoms with van der Waals surface area (Å²) < 4.78 is 9.78. The van der Waals surface area contributed by atoms with Gasteiger partial charge in [-0.15, -0.1) is 0 Å². The third-order valence-corrected chi connectivity index (χ3v) is 3.18. The Hall–Kier alpha value is -1.63. The van der Waals surface area contributed by atoms with Crippen LogP contribution in [0.15, 0.2) is 0 Å². The minimum Gasteiger partial charge on any atom is -0.465 e. The van der Waals surface area contributed by atoms with Gasteiger partial charge >= 0.3 is 11.9 Å². The van der Waals surface area contributed by atoms with Gasteiger partial charge in [-0.1, -0.05) is 69.2 Å². The molecular weight excluding hydrogens is 384 g/mol. The fourth-order valence-corrected chi connectivity index (χ4v) is 1.28. The van der Waals surface area contributed by atoms with E-state index in [1.54, 1.807) is 4.90 Å². The summed E-state index contributed by atoms with van der Waals surface area (Å²) in [6.07, 6.45) is 0. The topological polar surface area (TPSA) is 84.9 Å². The molecule has 0 aromatic carbocycles. The van der Waals surface area contributed by atoms with E-state index in [9.17, 15) is 14.4 Å². The van der Waals surface area contributed by atoms with Gasteiger partial charge in [-0.05, 0) is 25.9 Å². The van der Waals surface area contributed by atoms with E-state index in [4.69, 9.17) is 9.47 Å². The molecule has 7 heteroatoms. The molecule has 0 aliphatic heterocycles. The lowest BCUT2D eigenvalue weighted by Gasteiger charge is -2.11. The normalized spacial score (nSPS) is 10.6. The van der Waals surface area contributed by atoms with Crippen molar-refractivity contribution in [2.45, 2.75) is 69.2 Å².